The maximum absolute atomic E-state index is 13.4. The fraction of sp³-hybridized carbons (Fsp3) is 0.887. The highest BCUT2D eigenvalue weighted by Crippen LogP contribution is 2.34. The van der Waals surface area contributed by atoms with Crippen molar-refractivity contribution >= 4 is 5.97 Å². The van der Waals surface area contributed by atoms with Gasteiger partial charge in [0.05, 0.1) is 25.7 Å². The Morgan fingerprint density at radius 2 is 0.621 bits per heavy atom. The van der Waals surface area contributed by atoms with Crippen LogP contribution in [0.25, 0.3) is 0 Å². The van der Waals surface area contributed by atoms with Gasteiger partial charge in [-0.1, -0.05) is 309 Å². The van der Waals surface area contributed by atoms with Crippen LogP contribution in [0.15, 0.2) is 18.2 Å². The molecule has 0 heterocycles. The van der Waals surface area contributed by atoms with Crippen LogP contribution >= 0.6 is 0 Å². The fourth-order valence-corrected chi connectivity index (χ4v) is 9.84. The minimum absolute atomic E-state index is 0.0993. The zero-order valence-electron chi connectivity index (χ0n) is 45.3. The summed E-state index contributed by atoms with van der Waals surface area (Å²) < 4.78 is 18.6. The van der Waals surface area contributed by atoms with Crippen molar-refractivity contribution in [1.82, 2.24) is 0 Å². The highest BCUT2D eigenvalue weighted by molar-refractivity contribution is 5.78. The van der Waals surface area contributed by atoms with Crippen LogP contribution in [0.5, 0.6) is 11.5 Å². The first-order chi connectivity index (χ1) is 32.7. The van der Waals surface area contributed by atoms with Crippen LogP contribution in [0, 0.1) is 0 Å². The Hall–Kier alpha value is -1.71. The number of ether oxygens (including phenoxy) is 3. The van der Waals surface area contributed by atoms with Crippen molar-refractivity contribution in [3.8, 4) is 11.5 Å². The topological polar surface area (TPSA) is 44.8 Å². The van der Waals surface area contributed by atoms with Gasteiger partial charge >= 0.3 is 5.97 Å². The number of carbonyl (C=O) groups excluding carboxylic acids is 1. The van der Waals surface area contributed by atoms with Crippen LogP contribution in [0.3, 0.4) is 0 Å². The van der Waals surface area contributed by atoms with E-state index in [2.05, 4.69) is 39.0 Å². The van der Waals surface area contributed by atoms with E-state index in [4.69, 9.17) is 14.2 Å². The second-order valence-electron chi connectivity index (χ2n) is 20.7. The molecule has 0 saturated heterocycles. The Bertz CT molecular complexity index is 1120. The number of rotatable bonds is 54. The summed E-state index contributed by atoms with van der Waals surface area (Å²) in [6.45, 7) is 10.6. The second-order valence-corrected chi connectivity index (χ2v) is 20.7. The molecule has 1 rings (SSSR count). The molecule has 0 saturated carbocycles. The predicted molar refractivity (Wildman–Crippen MR) is 291 cm³/mol. The van der Waals surface area contributed by atoms with Gasteiger partial charge in [0.25, 0.3) is 0 Å². The first kappa shape index (κ1) is 62.3. The van der Waals surface area contributed by atoms with Crippen LogP contribution in [-0.4, -0.2) is 25.8 Å². The van der Waals surface area contributed by atoms with E-state index in [0.717, 1.165) is 42.7 Å². The molecular formula is C62H116O4. The molecule has 1 atom stereocenters. The van der Waals surface area contributed by atoms with Crippen LogP contribution in [0.4, 0.5) is 0 Å². The third kappa shape index (κ3) is 40.2. The molecule has 0 radical (unpaired) electrons. The smallest absolute Gasteiger partial charge is 0.313 e. The Kier molecular flexibility index (Phi) is 48.3. The maximum Gasteiger partial charge on any atom is 0.313 e. The monoisotopic (exact) mass is 925 g/mol. The fourth-order valence-electron chi connectivity index (χ4n) is 9.84. The molecule has 4 nitrogen and oxygen atoms in total. The first-order valence-corrected chi connectivity index (χ1v) is 30.2. The normalized spacial score (nSPS) is 11.9. The Morgan fingerprint density at radius 3 is 0.924 bits per heavy atom. The summed E-state index contributed by atoms with van der Waals surface area (Å²) in [5.74, 6) is 1.28. The zero-order valence-corrected chi connectivity index (χ0v) is 45.3. The molecule has 0 amide bonds. The molecular weight excluding hydrogens is 809 g/mol. The number of hydrogen-bond donors (Lipinski definition) is 0. The molecule has 0 aliphatic rings. The van der Waals surface area contributed by atoms with Gasteiger partial charge in [0, 0.05) is 0 Å². The lowest BCUT2D eigenvalue weighted by molar-refractivity contribution is -0.145. The first-order valence-electron chi connectivity index (χ1n) is 30.2. The molecule has 0 fully saturated rings. The maximum atomic E-state index is 13.4. The third-order valence-electron chi connectivity index (χ3n) is 14.3. The van der Waals surface area contributed by atoms with Crippen LogP contribution in [-0.2, 0) is 9.53 Å². The lowest BCUT2D eigenvalue weighted by atomic mass is 9.92. The molecule has 1 unspecified atom stereocenters. The van der Waals surface area contributed by atoms with E-state index in [1.165, 1.54) is 276 Å². The van der Waals surface area contributed by atoms with Gasteiger partial charge in [0.2, 0.25) is 0 Å². The summed E-state index contributed by atoms with van der Waals surface area (Å²) in [5, 5.41) is 0. The van der Waals surface area contributed by atoms with Gasteiger partial charge in [0.1, 0.15) is 0 Å². The largest absolute Gasteiger partial charge is 0.490 e. The second kappa shape index (κ2) is 51.1. The van der Waals surface area contributed by atoms with E-state index >= 15 is 0 Å². The number of carbonyl (C=O) groups is 1. The van der Waals surface area contributed by atoms with Crippen molar-refractivity contribution in [3.63, 3.8) is 0 Å². The minimum Gasteiger partial charge on any atom is -0.490 e. The molecule has 1 aromatic carbocycles. The highest BCUT2D eigenvalue weighted by atomic mass is 16.5. The summed E-state index contributed by atoms with van der Waals surface area (Å²) in [4.78, 5) is 13.4. The molecule has 0 aliphatic carbocycles. The summed E-state index contributed by atoms with van der Waals surface area (Å²) in [6, 6.07) is 6.29. The van der Waals surface area contributed by atoms with Gasteiger partial charge < -0.3 is 14.2 Å². The summed E-state index contributed by atoms with van der Waals surface area (Å²) in [5.41, 5.74) is 1.01. The third-order valence-corrected chi connectivity index (χ3v) is 14.3. The Labute approximate surface area is 413 Å². The van der Waals surface area contributed by atoms with Gasteiger partial charge in [-0.3, -0.25) is 4.79 Å². The summed E-state index contributed by atoms with van der Waals surface area (Å²) in [6.07, 6.45) is 63.3. The molecule has 388 valence electrons. The highest BCUT2D eigenvalue weighted by Gasteiger charge is 2.23. The van der Waals surface area contributed by atoms with Crippen molar-refractivity contribution in [2.45, 2.75) is 335 Å². The minimum atomic E-state index is -0.255. The quantitative estimate of drug-likeness (QED) is 0.0482. The number of esters is 1. The molecule has 0 spiro atoms. The van der Waals surface area contributed by atoms with Gasteiger partial charge in [-0.05, 0) is 43.9 Å². The lowest BCUT2D eigenvalue weighted by Gasteiger charge is -2.19. The van der Waals surface area contributed by atoms with E-state index in [1.54, 1.807) is 0 Å². The summed E-state index contributed by atoms with van der Waals surface area (Å²) >= 11 is 0. The standard InChI is InChI=1S/C62H116O4/c1-5-9-12-15-18-21-24-27-30-32-35-38-41-44-47-50-55-65-60-54-53-58(57-61(60)66-56-51-48-45-42-39-36-33-31-28-25-22-19-16-13-10-6-2)59(62(63)64-8-4)52-49-46-43-40-37-34-29-26-23-20-17-14-11-7-3/h53-54,57,59H,5-52,55-56H2,1-4H3. The molecule has 4 heteroatoms. The lowest BCUT2D eigenvalue weighted by Crippen LogP contribution is -2.16. The van der Waals surface area contributed by atoms with E-state index in [0.29, 0.717) is 19.8 Å². The summed E-state index contributed by atoms with van der Waals surface area (Å²) in [7, 11) is 0. The number of benzene rings is 1. The van der Waals surface area contributed by atoms with Gasteiger partial charge in [0.15, 0.2) is 11.5 Å². The van der Waals surface area contributed by atoms with Crippen molar-refractivity contribution in [2.24, 2.45) is 0 Å². The van der Waals surface area contributed by atoms with Crippen LogP contribution in [0.1, 0.15) is 341 Å². The van der Waals surface area contributed by atoms with Gasteiger partial charge in [-0.25, -0.2) is 0 Å². The van der Waals surface area contributed by atoms with Gasteiger partial charge in [-0.15, -0.1) is 0 Å². The van der Waals surface area contributed by atoms with Crippen molar-refractivity contribution in [1.29, 1.82) is 0 Å². The average molecular weight is 926 g/mol. The number of unbranched alkanes of at least 4 members (excludes halogenated alkanes) is 43. The van der Waals surface area contributed by atoms with Crippen molar-refractivity contribution in [2.75, 3.05) is 19.8 Å². The van der Waals surface area contributed by atoms with Crippen LogP contribution in [0.2, 0.25) is 0 Å². The van der Waals surface area contributed by atoms with Gasteiger partial charge in [-0.2, -0.15) is 0 Å². The Balaban J connectivity index is 2.53. The Morgan fingerprint density at radius 1 is 0.348 bits per heavy atom. The molecule has 0 aliphatic heterocycles. The molecule has 0 N–H and O–H groups in total. The molecule has 0 bridgehead atoms. The predicted octanol–water partition coefficient (Wildman–Crippen LogP) is 21.5. The molecule has 66 heavy (non-hydrogen) atoms. The zero-order chi connectivity index (χ0) is 47.5. The van der Waals surface area contributed by atoms with E-state index in [1.807, 2.05) is 6.92 Å². The van der Waals surface area contributed by atoms with E-state index < -0.39 is 0 Å². The van der Waals surface area contributed by atoms with Crippen molar-refractivity contribution in [3.05, 3.63) is 23.8 Å². The SMILES string of the molecule is CCCCCCCCCCCCCCCCCCOc1ccc(C(CCCCCCCCCCCCCCCC)C(=O)OCC)cc1OCCCCCCCCCCCCCCCCCC. The van der Waals surface area contributed by atoms with E-state index in [9.17, 15) is 4.79 Å². The van der Waals surface area contributed by atoms with Crippen LogP contribution < -0.4 is 9.47 Å². The average Bonchev–Trinajstić information content (AvgIpc) is 3.32. The number of hydrogen-bond acceptors (Lipinski definition) is 4. The van der Waals surface area contributed by atoms with E-state index in [-0.39, 0.29) is 11.9 Å². The molecule has 0 aromatic heterocycles. The molecule has 1 aromatic rings. The van der Waals surface area contributed by atoms with Crippen molar-refractivity contribution < 1.29 is 19.0 Å².